The maximum absolute atomic E-state index is 10.9. The van der Waals surface area contributed by atoms with Crippen LogP contribution in [0.2, 0.25) is 0 Å². The second-order valence-electron chi connectivity index (χ2n) is 3.60. The molecule has 1 heterocycles. The molecule has 0 bridgehead atoms. The molecular weight excluding hydrogens is 196 g/mol. The zero-order valence-corrected chi connectivity index (χ0v) is 8.97. The number of nitrogens with zero attached hydrogens (tertiary/aromatic N) is 3. The Labute approximate surface area is 88.1 Å². The lowest BCUT2D eigenvalue weighted by Crippen LogP contribution is -2.13. The van der Waals surface area contributed by atoms with Crippen molar-refractivity contribution < 1.29 is 9.90 Å². The predicted octanol–water partition coefficient (Wildman–Crippen LogP) is -0.154. The van der Waals surface area contributed by atoms with Crippen molar-refractivity contribution in [2.45, 2.75) is 39.3 Å². The Morgan fingerprint density at radius 3 is 2.80 bits per heavy atom. The summed E-state index contributed by atoms with van der Waals surface area (Å²) >= 11 is 0. The number of amides is 1. The molecule has 0 aliphatic heterocycles. The summed E-state index contributed by atoms with van der Waals surface area (Å²) < 4.78 is 1.63. The van der Waals surface area contributed by atoms with Gasteiger partial charge in [-0.05, 0) is 26.7 Å². The van der Waals surface area contributed by atoms with E-state index < -0.39 is 5.91 Å². The van der Waals surface area contributed by atoms with Gasteiger partial charge >= 0.3 is 0 Å². The van der Waals surface area contributed by atoms with E-state index in [1.165, 1.54) is 0 Å². The van der Waals surface area contributed by atoms with Gasteiger partial charge < -0.3 is 10.8 Å². The number of aliphatic hydroxyl groups excluding tert-OH is 1. The van der Waals surface area contributed by atoms with Crippen molar-refractivity contribution in [2.75, 3.05) is 0 Å². The third kappa shape index (κ3) is 3.02. The molecule has 0 fully saturated rings. The van der Waals surface area contributed by atoms with Crippen LogP contribution in [0.25, 0.3) is 0 Å². The van der Waals surface area contributed by atoms with E-state index in [9.17, 15) is 4.79 Å². The van der Waals surface area contributed by atoms with E-state index in [0.717, 1.165) is 6.42 Å². The second-order valence-corrected chi connectivity index (χ2v) is 3.60. The highest BCUT2D eigenvalue weighted by Gasteiger charge is 2.12. The van der Waals surface area contributed by atoms with E-state index in [4.69, 9.17) is 10.8 Å². The van der Waals surface area contributed by atoms with Crippen molar-refractivity contribution in [2.24, 2.45) is 5.73 Å². The van der Waals surface area contributed by atoms with Gasteiger partial charge in [0.25, 0.3) is 5.91 Å². The summed E-state index contributed by atoms with van der Waals surface area (Å²) in [5, 5.41) is 16.6. The minimum absolute atomic E-state index is 0.215. The second kappa shape index (κ2) is 4.88. The molecule has 0 saturated heterocycles. The SMILES string of the molecule is Cc1c(C(N)=O)nnn1CCCC(C)O. The first-order valence-electron chi connectivity index (χ1n) is 4.90. The fourth-order valence-corrected chi connectivity index (χ4v) is 1.34. The van der Waals surface area contributed by atoms with Gasteiger partial charge in [-0.2, -0.15) is 0 Å². The fraction of sp³-hybridized carbons (Fsp3) is 0.667. The summed E-state index contributed by atoms with van der Waals surface area (Å²) in [6.45, 7) is 4.13. The number of primary amides is 1. The first-order chi connectivity index (χ1) is 7.02. The molecular formula is C9H16N4O2. The van der Waals surface area contributed by atoms with Gasteiger partial charge in [0.2, 0.25) is 0 Å². The van der Waals surface area contributed by atoms with Crippen LogP contribution >= 0.6 is 0 Å². The molecule has 0 saturated carbocycles. The minimum atomic E-state index is -0.561. The summed E-state index contributed by atoms with van der Waals surface area (Å²) in [7, 11) is 0. The molecule has 15 heavy (non-hydrogen) atoms. The Kier molecular flexibility index (Phi) is 3.79. The lowest BCUT2D eigenvalue weighted by atomic mass is 10.2. The van der Waals surface area contributed by atoms with Crippen LogP contribution in [-0.4, -0.2) is 32.1 Å². The zero-order chi connectivity index (χ0) is 11.4. The van der Waals surface area contributed by atoms with Crippen molar-refractivity contribution in [3.05, 3.63) is 11.4 Å². The normalized spacial score (nSPS) is 12.7. The van der Waals surface area contributed by atoms with Crippen molar-refractivity contribution in [3.63, 3.8) is 0 Å². The van der Waals surface area contributed by atoms with Crippen molar-refractivity contribution in [1.29, 1.82) is 0 Å². The molecule has 1 unspecified atom stereocenters. The molecule has 3 N–H and O–H groups in total. The summed E-state index contributed by atoms with van der Waals surface area (Å²) in [4.78, 5) is 10.9. The standard InChI is InChI=1S/C9H16N4O2/c1-6(14)4-3-5-13-7(2)8(9(10)15)11-12-13/h6,14H,3-5H2,1-2H3,(H2,10,15). The monoisotopic (exact) mass is 212 g/mol. The molecule has 1 aromatic heterocycles. The molecule has 6 nitrogen and oxygen atoms in total. The van der Waals surface area contributed by atoms with Gasteiger partial charge in [-0.3, -0.25) is 4.79 Å². The van der Waals surface area contributed by atoms with Crippen LogP contribution in [0.3, 0.4) is 0 Å². The van der Waals surface area contributed by atoms with Crippen LogP contribution in [0, 0.1) is 6.92 Å². The molecule has 1 aromatic rings. The maximum atomic E-state index is 10.9. The highest BCUT2D eigenvalue weighted by molar-refractivity contribution is 5.91. The third-order valence-corrected chi connectivity index (χ3v) is 2.21. The maximum Gasteiger partial charge on any atom is 0.271 e. The number of nitrogens with two attached hydrogens (primary N) is 1. The van der Waals surface area contributed by atoms with Crippen LogP contribution < -0.4 is 5.73 Å². The first-order valence-corrected chi connectivity index (χ1v) is 4.90. The average Bonchev–Trinajstić information content (AvgIpc) is 2.47. The smallest absolute Gasteiger partial charge is 0.271 e. The molecule has 1 atom stereocenters. The summed E-state index contributed by atoms with van der Waals surface area (Å²) in [5.41, 5.74) is 6.00. The number of hydrogen-bond acceptors (Lipinski definition) is 4. The van der Waals surface area contributed by atoms with E-state index in [-0.39, 0.29) is 11.8 Å². The summed E-state index contributed by atoms with van der Waals surface area (Å²) in [6, 6.07) is 0. The van der Waals surface area contributed by atoms with Crippen molar-refractivity contribution >= 4 is 5.91 Å². The van der Waals surface area contributed by atoms with Crippen LogP contribution in [0.5, 0.6) is 0 Å². The van der Waals surface area contributed by atoms with Crippen molar-refractivity contribution in [1.82, 2.24) is 15.0 Å². The Hall–Kier alpha value is -1.43. The number of aliphatic hydroxyl groups is 1. The minimum Gasteiger partial charge on any atom is -0.393 e. The quantitative estimate of drug-likeness (QED) is 0.709. The highest BCUT2D eigenvalue weighted by Crippen LogP contribution is 2.05. The molecule has 1 amide bonds. The van der Waals surface area contributed by atoms with Gasteiger partial charge in [0.15, 0.2) is 5.69 Å². The Morgan fingerprint density at radius 2 is 2.33 bits per heavy atom. The predicted molar refractivity (Wildman–Crippen MR) is 54.2 cm³/mol. The van der Waals surface area contributed by atoms with Crippen LogP contribution in [0.15, 0.2) is 0 Å². The Morgan fingerprint density at radius 1 is 1.67 bits per heavy atom. The van der Waals surface area contributed by atoms with E-state index in [2.05, 4.69) is 10.3 Å². The number of hydrogen-bond donors (Lipinski definition) is 2. The third-order valence-electron chi connectivity index (χ3n) is 2.21. The largest absolute Gasteiger partial charge is 0.393 e. The van der Waals surface area contributed by atoms with E-state index in [0.29, 0.717) is 18.7 Å². The lowest BCUT2D eigenvalue weighted by molar-refractivity contribution is 0.0995. The molecule has 6 heteroatoms. The zero-order valence-electron chi connectivity index (χ0n) is 8.97. The van der Waals surface area contributed by atoms with Crippen LogP contribution in [-0.2, 0) is 6.54 Å². The average molecular weight is 212 g/mol. The molecule has 0 aromatic carbocycles. The summed E-state index contributed by atoms with van der Waals surface area (Å²) in [6.07, 6.45) is 1.18. The van der Waals surface area contributed by atoms with Crippen LogP contribution in [0.4, 0.5) is 0 Å². The fourth-order valence-electron chi connectivity index (χ4n) is 1.34. The lowest BCUT2D eigenvalue weighted by Gasteiger charge is -2.04. The molecule has 0 aliphatic rings. The Balaban J connectivity index is 2.59. The molecule has 0 spiro atoms. The summed E-state index contributed by atoms with van der Waals surface area (Å²) in [5.74, 6) is -0.561. The number of rotatable bonds is 5. The molecule has 1 rings (SSSR count). The number of carbonyl (C=O) groups excluding carboxylic acids is 1. The Bertz CT molecular complexity index is 346. The first kappa shape index (κ1) is 11.6. The van der Waals surface area contributed by atoms with Gasteiger partial charge in [-0.25, -0.2) is 4.68 Å². The van der Waals surface area contributed by atoms with Gasteiger partial charge in [-0.1, -0.05) is 5.21 Å². The van der Waals surface area contributed by atoms with Gasteiger partial charge in [0, 0.05) is 6.54 Å². The highest BCUT2D eigenvalue weighted by atomic mass is 16.3. The van der Waals surface area contributed by atoms with Gasteiger partial charge in [-0.15, -0.1) is 5.10 Å². The van der Waals surface area contributed by atoms with Crippen molar-refractivity contribution in [3.8, 4) is 0 Å². The molecule has 0 aliphatic carbocycles. The number of aromatic nitrogens is 3. The number of carbonyl (C=O) groups is 1. The topological polar surface area (TPSA) is 94.0 Å². The van der Waals surface area contributed by atoms with E-state index >= 15 is 0 Å². The van der Waals surface area contributed by atoms with E-state index in [1.54, 1.807) is 18.5 Å². The van der Waals surface area contributed by atoms with E-state index in [1.807, 2.05) is 0 Å². The van der Waals surface area contributed by atoms with Gasteiger partial charge in [0.1, 0.15) is 0 Å². The number of aryl methyl sites for hydroxylation is 1. The molecule has 84 valence electrons. The molecule has 0 radical (unpaired) electrons. The van der Waals surface area contributed by atoms with Gasteiger partial charge in [0.05, 0.1) is 11.8 Å². The van der Waals surface area contributed by atoms with Crippen LogP contribution in [0.1, 0.15) is 35.9 Å².